The zero-order valence-corrected chi connectivity index (χ0v) is 9.26. The Morgan fingerprint density at radius 2 is 2.35 bits per heavy atom. The van der Waals surface area contributed by atoms with Crippen molar-refractivity contribution in [2.45, 2.75) is 6.61 Å². The molecule has 4 nitrogen and oxygen atoms in total. The summed E-state index contributed by atoms with van der Waals surface area (Å²) < 4.78 is 20.1. The largest absolute Gasteiger partial charge is 0.487 e. The molecule has 88 valence electrons. The van der Waals surface area contributed by atoms with Crippen molar-refractivity contribution >= 4 is 6.29 Å². The van der Waals surface area contributed by atoms with Crippen LogP contribution in [0.4, 0.5) is 4.39 Å². The van der Waals surface area contributed by atoms with Crippen molar-refractivity contribution < 1.29 is 13.9 Å². The average Bonchev–Trinajstić information content (AvgIpc) is 2.73. The van der Waals surface area contributed by atoms with Gasteiger partial charge in [0.15, 0.2) is 6.29 Å². The van der Waals surface area contributed by atoms with E-state index in [0.29, 0.717) is 12.0 Å². The molecule has 1 heterocycles. The first-order chi connectivity index (χ1) is 8.20. The molecule has 0 atom stereocenters. The standard InChI is InChI=1S/C12H11FN2O2/c1-15-8-14-5-11(15)7-17-12-3-2-10(13)4-9(12)6-16/h2-6,8H,7H2,1H3. The van der Waals surface area contributed by atoms with E-state index in [1.54, 1.807) is 12.5 Å². The summed E-state index contributed by atoms with van der Waals surface area (Å²) in [6.45, 7) is 0.281. The second-order valence-corrected chi connectivity index (χ2v) is 3.58. The topological polar surface area (TPSA) is 44.1 Å². The van der Waals surface area contributed by atoms with Crippen LogP contribution in [0.3, 0.4) is 0 Å². The summed E-state index contributed by atoms with van der Waals surface area (Å²) in [6, 6.07) is 3.84. The second-order valence-electron chi connectivity index (χ2n) is 3.58. The van der Waals surface area contributed by atoms with E-state index < -0.39 is 5.82 Å². The van der Waals surface area contributed by atoms with E-state index in [0.717, 1.165) is 11.8 Å². The summed E-state index contributed by atoms with van der Waals surface area (Å²) >= 11 is 0. The highest BCUT2D eigenvalue weighted by atomic mass is 19.1. The monoisotopic (exact) mass is 234 g/mol. The zero-order valence-electron chi connectivity index (χ0n) is 9.26. The van der Waals surface area contributed by atoms with Gasteiger partial charge in [0.2, 0.25) is 0 Å². The molecule has 0 bridgehead atoms. The Morgan fingerprint density at radius 1 is 1.53 bits per heavy atom. The molecule has 17 heavy (non-hydrogen) atoms. The number of hydrogen-bond acceptors (Lipinski definition) is 3. The average molecular weight is 234 g/mol. The fourth-order valence-electron chi connectivity index (χ4n) is 1.42. The van der Waals surface area contributed by atoms with E-state index in [9.17, 15) is 9.18 Å². The van der Waals surface area contributed by atoms with Crippen LogP contribution in [0.15, 0.2) is 30.7 Å². The lowest BCUT2D eigenvalue weighted by molar-refractivity contribution is 0.111. The lowest BCUT2D eigenvalue weighted by Crippen LogP contribution is -2.02. The van der Waals surface area contributed by atoms with Crippen molar-refractivity contribution in [2.24, 2.45) is 7.05 Å². The zero-order chi connectivity index (χ0) is 12.3. The van der Waals surface area contributed by atoms with Gasteiger partial charge in [0.05, 0.1) is 23.8 Å². The molecular weight excluding hydrogens is 223 g/mol. The molecule has 0 N–H and O–H groups in total. The van der Waals surface area contributed by atoms with Crippen molar-refractivity contribution in [1.29, 1.82) is 0 Å². The van der Waals surface area contributed by atoms with Crippen LogP contribution in [0.25, 0.3) is 0 Å². The predicted molar refractivity (Wildman–Crippen MR) is 59.3 cm³/mol. The molecule has 0 saturated carbocycles. The predicted octanol–water partition coefficient (Wildman–Crippen LogP) is 1.95. The van der Waals surface area contributed by atoms with Crippen LogP contribution < -0.4 is 4.74 Å². The van der Waals surface area contributed by atoms with Gasteiger partial charge in [-0.15, -0.1) is 0 Å². The highest BCUT2D eigenvalue weighted by molar-refractivity contribution is 5.79. The van der Waals surface area contributed by atoms with Gasteiger partial charge in [0.1, 0.15) is 18.2 Å². The Balaban J connectivity index is 2.14. The van der Waals surface area contributed by atoms with Crippen molar-refractivity contribution in [3.63, 3.8) is 0 Å². The first-order valence-corrected chi connectivity index (χ1v) is 5.03. The van der Waals surface area contributed by atoms with E-state index in [4.69, 9.17) is 4.74 Å². The van der Waals surface area contributed by atoms with Gasteiger partial charge in [-0.2, -0.15) is 0 Å². The van der Waals surface area contributed by atoms with Crippen LogP contribution in [0.5, 0.6) is 5.75 Å². The molecule has 0 radical (unpaired) electrons. The molecule has 5 heteroatoms. The van der Waals surface area contributed by atoms with Gasteiger partial charge in [0.25, 0.3) is 0 Å². The van der Waals surface area contributed by atoms with Crippen molar-refractivity contribution in [2.75, 3.05) is 0 Å². The summed E-state index contributed by atoms with van der Waals surface area (Å²) in [7, 11) is 1.84. The first kappa shape index (κ1) is 11.3. The number of halogens is 1. The van der Waals surface area contributed by atoms with Gasteiger partial charge in [-0.25, -0.2) is 9.37 Å². The smallest absolute Gasteiger partial charge is 0.153 e. The van der Waals surface area contributed by atoms with Gasteiger partial charge >= 0.3 is 0 Å². The normalized spacial score (nSPS) is 10.2. The number of nitrogens with zero attached hydrogens (tertiary/aromatic N) is 2. The third-order valence-electron chi connectivity index (χ3n) is 2.39. The minimum Gasteiger partial charge on any atom is -0.487 e. The van der Waals surface area contributed by atoms with Gasteiger partial charge in [-0.05, 0) is 18.2 Å². The van der Waals surface area contributed by atoms with Crippen LogP contribution in [0.2, 0.25) is 0 Å². The summed E-state index contributed by atoms with van der Waals surface area (Å²) in [5.74, 6) is -0.0948. The molecule has 0 amide bonds. The molecule has 0 saturated heterocycles. The minimum absolute atomic E-state index is 0.201. The Kier molecular flexibility index (Phi) is 3.18. The molecular formula is C12H11FN2O2. The maximum absolute atomic E-state index is 12.9. The molecule has 1 aromatic carbocycles. The lowest BCUT2D eigenvalue weighted by Gasteiger charge is -2.08. The van der Waals surface area contributed by atoms with Crippen LogP contribution in [-0.4, -0.2) is 15.8 Å². The Bertz CT molecular complexity index is 537. The summed E-state index contributed by atoms with van der Waals surface area (Å²) in [6.07, 6.45) is 3.90. The third-order valence-corrected chi connectivity index (χ3v) is 2.39. The van der Waals surface area contributed by atoms with Crippen LogP contribution in [0, 0.1) is 5.82 Å². The van der Waals surface area contributed by atoms with Gasteiger partial charge in [-0.1, -0.05) is 0 Å². The summed E-state index contributed by atoms with van der Waals surface area (Å²) in [5.41, 5.74) is 1.07. The molecule has 0 fully saturated rings. The number of aryl methyl sites for hydroxylation is 1. The molecule has 1 aromatic heterocycles. The molecule has 2 rings (SSSR count). The highest BCUT2D eigenvalue weighted by Gasteiger charge is 2.06. The SMILES string of the molecule is Cn1cncc1COc1ccc(F)cc1C=O. The number of aldehydes is 1. The molecule has 0 aliphatic heterocycles. The fourth-order valence-corrected chi connectivity index (χ4v) is 1.42. The van der Waals surface area contributed by atoms with Crippen molar-refractivity contribution in [1.82, 2.24) is 9.55 Å². The Labute approximate surface area is 97.7 Å². The number of hydrogen-bond donors (Lipinski definition) is 0. The van der Waals surface area contributed by atoms with E-state index in [-0.39, 0.29) is 12.2 Å². The maximum atomic E-state index is 12.9. The van der Waals surface area contributed by atoms with Crippen LogP contribution in [0.1, 0.15) is 16.1 Å². The lowest BCUT2D eigenvalue weighted by atomic mass is 10.2. The number of imidazole rings is 1. The van der Waals surface area contributed by atoms with Crippen molar-refractivity contribution in [3.05, 3.63) is 47.8 Å². The number of benzene rings is 1. The fraction of sp³-hybridized carbons (Fsp3) is 0.167. The second kappa shape index (κ2) is 4.78. The molecule has 0 aliphatic rings. The third kappa shape index (κ3) is 2.50. The number of carbonyl (C=O) groups is 1. The van der Waals surface area contributed by atoms with E-state index in [1.165, 1.54) is 12.1 Å². The molecule has 0 spiro atoms. The van der Waals surface area contributed by atoms with E-state index in [1.807, 2.05) is 11.6 Å². The van der Waals surface area contributed by atoms with Gasteiger partial charge in [0, 0.05) is 7.05 Å². The molecule has 0 unspecified atom stereocenters. The van der Waals surface area contributed by atoms with Crippen LogP contribution in [-0.2, 0) is 13.7 Å². The van der Waals surface area contributed by atoms with E-state index >= 15 is 0 Å². The summed E-state index contributed by atoms with van der Waals surface area (Å²) in [4.78, 5) is 14.7. The Morgan fingerprint density at radius 3 is 3.00 bits per heavy atom. The van der Waals surface area contributed by atoms with E-state index in [2.05, 4.69) is 4.98 Å². The van der Waals surface area contributed by atoms with Crippen LogP contribution >= 0.6 is 0 Å². The molecule has 0 aliphatic carbocycles. The quantitative estimate of drug-likeness (QED) is 0.759. The van der Waals surface area contributed by atoms with Crippen molar-refractivity contribution in [3.8, 4) is 5.75 Å². The maximum Gasteiger partial charge on any atom is 0.153 e. The van der Waals surface area contributed by atoms with Gasteiger partial charge < -0.3 is 9.30 Å². The number of carbonyl (C=O) groups excluding carboxylic acids is 1. The summed E-state index contributed by atoms with van der Waals surface area (Å²) in [5, 5.41) is 0. The Hall–Kier alpha value is -2.17. The number of rotatable bonds is 4. The number of aromatic nitrogens is 2. The minimum atomic E-state index is -0.458. The van der Waals surface area contributed by atoms with Gasteiger partial charge in [-0.3, -0.25) is 4.79 Å². The molecule has 2 aromatic rings. The number of ether oxygens (including phenoxy) is 1. The highest BCUT2D eigenvalue weighted by Crippen LogP contribution is 2.19. The first-order valence-electron chi connectivity index (χ1n) is 5.03.